The predicted octanol–water partition coefficient (Wildman–Crippen LogP) is 19.8. The average Bonchev–Trinajstić information content (AvgIpc) is 3.36. The molecule has 0 aliphatic carbocycles. The highest BCUT2D eigenvalue weighted by Crippen LogP contribution is 2.18. The van der Waals surface area contributed by atoms with Gasteiger partial charge in [-0.1, -0.05) is 308 Å². The van der Waals surface area contributed by atoms with E-state index in [1.54, 1.807) is 0 Å². The highest BCUT2D eigenvalue weighted by atomic mass is 16.5. The molecule has 6 nitrogen and oxygen atoms in total. The summed E-state index contributed by atoms with van der Waals surface area (Å²) in [6.45, 7) is 4.93. The Kier molecular flexibility index (Phi) is 58.5. The van der Waals surface area contributed by atoms with Crippen molar-refractivity contribution in [2.75, 3.05) is 13.2 Å². The standard InChI is InChI=1S/C64H123NO5/c1-3-5-7-9-11-13-15-17-32-36-40-44-48-52-56-62(67)61(60-66)65-63(68)57-53-49-45-41-37-33-30-28-26-24-22-20-19-21-23-25-27-29-31-35-39-43-47-51-55-59-70-64(69)58-54-50-46-42-38-34-18-16-14-12-10-8-6-4-2/h10,12,16,18,61-62,66-67H,3-9,11,13-15,17,19-60H2,1-2H3,(H,65,68)/b12-10-,18-16-. The number of hydrogen-bond acceptors (Lipinski definition) is 5. The van der Waals surface area contributed by atoms with Gasteiger partial charge in [0.05, 0.1) is 25.4 Å². The molecular weight excluding hydrogens is 863 g/mol. The summed E-state index contributed by atoms with van der Waals surface area (Å²) in [6.07, 6.45) is 73.4. The fourth-order valence-electron chi connectivity index (χ4n) is 9.89. The third kappa shape index (κ3) is 55.7. The van der Waals surface area contributed by atoms with Crippen LogP contribution in [0.1, 0.15) is 348 Å². The van der Waals surface area contributed by atoms with Gasteiger partial charge in [0.15, 0.2) is 0 Å². The summed E-state index contributed by atoms with van der Waals surface area (Å²) in [4.78, 5) is 24.5. The molecule has 0 rings (SSSR count). The molecular formula is C64H123NO5. The molecule has 2 unspecified atom stereocenters. The Labute approximate surface area is 437 Å². The maximum Gasteiger partial charge on any atom is 0.305 e. The van der Waals surface area contributed by atoms with Gasteiger partial charge < -0.3 is 20.3 Å². The van der Waals surface area contributed by atoms with E-state index < -0.39 is 12.1 Å². The Bertz CT molecular complexity index is 1090. The third-order valence-corrected chi connectivity index (χ3v) is 14.8. The highest BCUT2D eigenvalue weighted by molar-refractivity contribution is 5.76. The molecule has 0 heterocycles. The summed E-state index contributed by atoms with van der Waals surface area (Å²) in [5.41, 5.74) is 0. The molecule has 70 heavy (non-hydrogen) atoms. The largest absolute Gasteiger partial charge is 0.466 e. The normalized spacial score (nSPS) is 12.7. The van der Waals surface area contributed by atoms with Crippen LogP contribution in [0.2, 0.25) is 0 Å². The molecule has 0 saturated heterocycles. The number of carbonyl (C=O) groups is 2. The Balaban J connectivity index is 3.35. The van der Waals surface area contributed by atoms with Crippen molar-refractivity contribution in [2.45, 2.75) is 360 Å². The van der Waals surface area contributed by atoms with Gasteiger partial charge >= 0.3 is 5.97 Å². The number of esters is 1. The number of allylic oxidation sites excluding steroid dienone is 4. The zero-order valence-corrected chi connectivity index (χ0v) is 47.3. The lowest BCUT2D eigenvalue weighted by molar-refractivity contribution is -0.143. The van der Waals surface area contributed by atoms with E-state index in [-0.39, 0.29) is 18.5 Å². The van der Waals surface area contributed by atoms with E-state index in [0.29, 0.717) is 25.9 Å². The van der Waals surface area contributed by atoms with Gasteiger partial charge in [-0.15, -0.1) is 0 Å². The van der Waals surface area contributed by atoms with Gasteiger partial charge in [-0.25, -0.2) is 0 Å². The summed E-state index contributed by atoms with van der Waals surface area (Å²) in [6, 6.07) is -0.539. The van der Waals surface area contributed by atoms with Crippen LogP contribution in [0, 0.1) is 0 Å². The lowest BCUT2D eigenvalue weighted by Gasteiger charge is -2.22. The van der Waals surface area contributed by atoms with Crippen LogP contribution in [0.25, 0.3) is 0 Å². The predicted molar refractivity (Wildman–Crippen MR) is 306 cm³/mol. The molecule has 0 aromatic heterocycles. The quantitative estimate of drug-likeness (QED) is 0.0321. The number of carbonyl (C=O) groups excluding carboxylic acids is 2. The summed E-state index contributed by atoms with van der Waals surface area (Å²) >= 11 is 0. The van der Waals surface area contributed by atoms with Crippen molar-refractivity contribution in [1.29, 1.82) is 0 Å². The number of amides is 1. The van der Waals surface area contributed by atoms with Crippen LogP contribution in [0.15, 0.2) is 24.3 Å². The van der Waals surface area contributed by atoms with Gasteiger partial charge in [0.1, 0.15) is 0 Å². The summed E-state index contributed by atoms with van der Waals surface area (Å²) < 4.78 is 5.48. The van der Waals surface area contributed by atoms with Crippen molar-refractivity contribution < 1.29 is 24.5 Å². The third-order valence-electron chi connectivity index (χ3n) is 14.8. The van der Waals surface area contributed by atoms with Crippen LogP contribution >= 0.6 is 0 Å². The first-order valence-electron chi connectivity index (χ1n) is 31.6. The van der Waals surface area contributed by atoms with Gasteiger partial charge in [-0.2, -0.15) is 0 Å². The number of rotatable bonds is 59. The molecule has 0 aliphatic heterocycles. The zero-order chi connectivity index (χ0) is 50.7. The molecule has 0 saturated carbocycles. The van der Waals surface area contributed by atoms with Crippen molar-refractivity contribution in [1.82, 2.24) is 5.32 Å². The van der Waals surface area contributed by atoms with Crippen molar-refractivity contribution >= 4 is 11.9 Å². The first-order valence-corrected chi connectivity index (χ1v) is 31.6. The molecule has 0 radical (unpaired) electrons. The van der Waals surface area contributed by atoms with E-state index in [4.69, 9.17) is 4.74 Å². The van der Waals surface area contributed by atoms with Crippen LogP contribution in [0.5, 0.6) is 0 Å². The SMILES string of the molecule is CCCC/C=C\C/C=C\CCCCCCCC(=O)OCCCCCCCCCCCCCCCCCCCCCCCCCCCC(=O)NC(CO)C(O)CCCCCCCCCCCCCCCC. The van der Waals surface area contributed by atoms with Gasteiger partial charge in [0.2, 0.25) is 5.91 Å². The topological polar surface area (TPSA) is 95.9 Å². The fourth-order valence-corrected chi connectivity index (χ4v) is 9.89. The molecule has 414 valence electrons. The lowest BCUT2D eigenvalue weighted by Crippen LogP contribution is -2.45. The van der Waals surface area contributed by atoms with E-state index in [2.05, 4.69) is 43.5 Å². The second-order valence-corrected chi connectivity index (χ2v) is 21.7. The highest BCUT2D eigenvalue weighted by Gasteiger charge is 2.20. The van der Waals surface area contributed by atoms with Crippen LogP contribution < -0.4 is 5.32 Å². The van der Waals surface area contributed by atoms with E-state index in [0.717, 1.165) is 51.4 Å². The summed E-state index contributed by atoms with van der Waals surface area (Å²) in [7, 11) is 0. The molecule has 2 atom stereocenters. The lowest BCUT2D eigenvalue weighted by atomic mass is 10.0. The second-order valence-electron chi connectivity index (χ2n) is 21.7. The summed E-state index contributed by atoms with van der Waals surface area (Å²) in [5.74, 6) is -0.0295. The Hall–Kier alpha value is -1.66. The first kappa shape index (κ1) is 68.3. The van der Waals surface area contributed by atoms with Crippen molar-refractivity contribution in [2.24, 2.45) is 0 Å². The van der Waals surface area contributed by atoms with E-state index in [9.17, 15) is 19.8 Å². The summed E-state index contributed by atoms with van der Waals surface area (Å²) in [5, 5.41) is 23.3. The average molecular weight is 987 g/mol. The van der Waals surface area contributed by atoms with Crippen LogP contribution in [-0.2, 0) is 14.3 Å². The van der Waals surface area contributed by atoms with E-state index in [1.165, 1.54) is 263 Å². The molecule has 0 aliphatic rings. The zero-order valence-electron chi connectivity index (χ0n) is 47.3. The Morgan fingerprint density at radius 2 is 0.729 bits per heavy atom. The molecule has 0 aromatic rings. The first-order chi connectivity index (χ1) is 34.5. The monoisotopic (exact) mass is 986 g/mol. The molecule has 6 heteroatoms. The number of hydrogen-bond donors (Lipinski definition) is 3. The van der Waals surface area contributed by atoms with Crippen molar-refractivity contribution in [3.05, 3.63) is 24.3 Å². The molecule has 0 spiro atoms. The van der Waals surface area contributed by atoms with Gasteiger partial charge in [-0.05, 0) is 51.4 Å². The van der Waals surface area contributed by atoms with Crippen LogP contribution in [0.4, 0.5) is 0 Å². The Morgan fingerprint density at radius 3 is 1.13 bits per heavy atom. The maximum atomic E-state index is 12.5. The minimum absolute atomic E-state index is 0.00208. The van der Waals surface area contributed by atoms with Crippen LogP contribution in [0.3, 0.4) is 0 Å². The van der Waals surface area contributed by atoms with Gasteiger partial charge in [0.25, 0.3) is 0 Å². The number of aliphatic hydroxyl groups is 2. The number of aliphatic hydroxyl groups excluding tert-OH is 2. The second kappa shape index (κ2) is 59.9. The number of ether oxygens (including phenoxy) is 1. The van der Waals surface area contributed by atoms with Crippen molar-refractivity contribution in [3.63, 3.8) is 0 Å². The van der Waals surface area contributed by atoms with E-state index >= 15 is 0 Å². The molecule has 0 aromatic carbocycles. The molecule has 0 bridgehead atoms. The minimum Gasteiger partial charge on any atom is -0.466 e. The van der Waals surface area contributed by atoms with Crippen LogP contribution in [-0.4, -0.2) is 47.4 Å². The van der Waals surface area contributed by atoms with E-state index in [1.807, 2.05) is 0 Å². The maximum absolute atomic E-state index is 12.5. The van der Waals surface area contributed by atoms with Gasteiger partial charge in [0, 0.05) is 12.8 Å². The molecule has 0 fully saturated rings. The smallest absolute Gasteiger partial charge is 0.305 e. The number of nitrogens with one attached hydrogen (secondary N) is 1. The minimum atomic E-state index is -0.662. The fraction of sp³-hybridized carbons (Fsp3) is 0.906. The Morgan fingerprint density at radius 1 is 0.400 bits per heavy atom. The van der Waals surface area contributed by atoms with Crippen molar-refractivity contribution in [3.8, 4) is 0 Å². The molecule has 1 amide bonds. The molecule has 3 N–H and O–H groups in total. The number of unbranched alkanes of at least 4 members (excludes halogenated alkanes) is 44. The van der Waals surface area contributed by atoms with Gasteiger partial charge in [-0.3, -0.25) is 9.59 Å².